The van der Waals surface area contributed by atoms with Crippen molar-refractivity contribution in [2.45, 2.75) is 6.54 Å². The molecule has 5 heteroatoms. The number of benzene rings is 2. The van der Waals surface area contributed by atoms with Gasteiger partial charge in [0.25, 0.3) is 5.56 Å². The predicted molar refractivity (Wildman–Crippen MR) is 95.9 cm³/mol. The molecule has 3 rings (SSSR count). The summed E-state index contributed by atoms with van der Waals surface area (Å²) in [5, 5.41) is 4.36. The van der Waals surface area contributed by atoms with E-state index in [0.717, 1.165) is 5.56 Å². The van der Waals surface area contributed by atoms with Crippen LogP contribution in [0.4, 0.5) is 4.39 Å². The van der Waals surface area contributed by atoms with Crippen LogP contribution in [0.5, 0.6) is 5.75 Å². The Hall–Kier alpha value is -3.21. The van der Waals surface area contributed by atoms with Crippen molar-refractivity contribution in [3.8, 4) is 17.0 Å². The normalized spacial score (nSPS) is 11.0. The Bertz CT molecular complexity index is 949. The van der Waals surface area contributed by atoms with E-state index in [2.05, 4.69) is 5.10 Å². The molecule has 0 saturated heterocycles. The topological polar surface area (TPSA) is 44.1 Å². The monoisotopic (exact) mass is 336 g/mol. The first kappa shape index (κ1) is 16.6. The van der Waals surface area contributed by atoms with Crippen LogP contribution in [-0.2, 0) is 6.54 Å². The molecule has 0 spiro atoms. The number of aromatic nitrogens is 2. The molecule has 0 aliphatic carbocycles. The van der Waals surface area contributed by atoms with E-state index in [4.69, 9.17) is 4.74 Å². The minimum Gasteiger partial charge on any atom is -0.496 e. The fourth-order valence-corrected chi connectivity index (χ4v) is 2.45. The number of methoxy groups -OCH3 is 1. The Balaban J connectivity index is 1.88. The van der Waals surface area contributed by atoms with E-state index in [1.165, 1.54) is 30.0 Å². The number of hydrogen-bond donors (Lipinski definition) is 0. The molecule has 0 aliphatic rings. The fraction of sp³-hybridized carbons (Fsp3) is 0.100. The molecule has 0 amide bonds. The van der Waals surface area contributed by atoms with Crippen LogP contribution in [0.2, 0.25) is 0 Å². The first-order chi connectivity index (χ1) is 12.2. The smallest absolute Gasteiger partial charge is 0.267 e. The van der Waals surface area contributed by atoms with Crippen molar-refractivity contribution in [1.82, 2.24) is 9.78 Å². The van der Waals surface area contributed by atoms with Gasteiger partial charge in [-0.05, 0) is 23.8 Å². The van der Waals surface area contributed by atoms with Crippen LogP contribution in [0.3, 0.4) is 0 Å². The van der Waals surface area contributed by atoms with E-state index in [9.17, 15) is 9.18 Å². The number of allylic oxidation sites excluding steroid dienone is 1. The highest BCUT2D eigenvalue weighted by atomic mass is 19.1. The predicted octanol–water partition coefficient (Wildman–Crippen LogP) is 3.77. The van der Waals surface area contributed by atoms with Crippen LogP contribution in [0.25, 0.3) is 17.3 Å². The Labute approximate surface area is 144 Å². The van der Waals surface area contributed by atoms with Crippen LogP contribution < -0.4 is 10.3 Å². The maximum atomic E-state index is 13.4. The lowest BCUT2D eigenvalue weighted by Gasteiger charge is -2.09. The van der Waals surface area contributed by atoms with Gasteiger partial charge in [-0.3, -0.25) is 4.79 Å². The highest BCUT2D eigenvalue weighted by Gasteiger charge is 2.10. The fourth-order valence-electron chi connectivity index (χ4n) is 2.45. The summed E-state index contributed by atoms with van der Waals surface area (Å²) in [5.74, 6) is -0.0164. The molecular weight excluding hydrogens is 319 g/mol. The Morgan fingerprint density at radius 1 is 1.12 bits per heavy atom. The lowest BCUT2D eigenvalue weighted by atomic mass is 10.1. The quantitative estimate of drug-likeness (QED) is 0.712. The molecule has 0 saturated carbocycles. The lowest BCUT2D eigenvalue weighted by Crippen LogP contribution is -2.21. The molecule has 0 atom stereocenters. The minimum atomic E-state index is -0.389. The average Bonchev–Trinajstić information content (AvgIpc) is 2.64. The van der Waals surface area contributed by atoms with Crippen molar-refractivity contribution in [3.05, 3.63) is 88.5 Å². The maximum absolute atomic E-state index is 13.4. The van der Waals surface area contributed by atoms with Gasteiger partial charge in [-0.1, -0.05) is 42.5 Å². The SMILES string of the molecule is COc1cc(F)ccc1-c1ccc(=O)n(CC=Cc2ccccc2)n1. The standard InChI is InChI=1S/C20H17FN2O2/c1-25-19-14-16(21)9-10-17(19)18-11-12-20(24)23(22-18)13-5-8-15-6-3-2-4-7-15/h2-12,14H,13H2,1H3. The molecule has 2 aromatic carbocycles. The van der Waals surface area contributed by atoms with Crippen LogP contribution in [0.15, 0.2) is 71.5 Å². The first-order valence-corrected chi connectivity index (χ1v) is 7.81. The molecule has 3 aromatic rings. The van der Waals surface area contributed by atoms with Crippen molar-refractivity contribution >= 4 is 6.08 Å². The van der Waals surface area contributed by atoms with Gasteiger partial charge in [-0.25, -0.2) is 9.07 Å². The number of rotatable bonds is 5. The lowest BCUT2D eigenvalue weighted by molar-refractivity contribution is 0.412. The average molecular weight is 336 g/mol. The number of hydrogen-bond acceptors (Lipinski definition) is 3. The molecule has 0 radical (unpaired) electrons. The molecule has 0 bridgehead atoms. The zero-order valence-corrected chi connectivity index (χ0v) is 13.7. The van der Waals surface area contributed by atoms with Crippen LogP contribution in [0, 0.1) is 5.82 Å². The molecule has 1 heterocycles. The first-order valence-electron chi connectivity index (χ1n) is 7.81. The van der Waals surface area contributed by atoms with Crippen molar-refractivity contribution in [2.75, 3.05) is 7.11 Å². The van der Waals surface area contributed by atoms with Gasteiger partial charge >= 0.3 is 0 Å². The van der Waals surface area contributed by atoms with Crippen LogP contribution in [0.1, 0.15) is 5.56 Å². The molecule has 0 unspecified atom stereocenters. The number of halogens is 1. The Morgan fingerprint density at radius 2 is 1.92 bits per heavy atom. The summed E-state index contributed by atoms with van der Waals surface area (Å²) in [5.41, 5.74) is 2.02. The van der Waals surface area contributed by atoms with E-state index in [1.54, 1.807) is 12.1 Å². The maximum Gasteiger partial charge on any atom is 0.267 e. The summed E-state index contributed by atoms with van der Waals surface area (Å²) in [6, 6.07) is 17.1. The highest BCUT2D eigenvalue weighted by Crippen LogP contribution is 2.28. The molecule has 0 N–H and O–H groups in total. The third-order valence-electron chi connectivity index (χ3n) is 3.69. The van der Waals surface area contributed by atoms with Gasteiger partial charge in [0.15, 0.2) is 0 Å². The second-order valence-corrected chi connectivity index (χ2v) is 5.40. The summed E-state index contributed by atoms with van der Waals surface area (Å²) in [6.07, 6.45) is 3.80. The molecule has 4 nitrogen and oxygen atoms in total. The third-order valence-corrected chi connectivity index (χ3v) is 3.69. The molecule has 1 aromatic heterocycles. The van der Waals surface area contributed by atoms with E-state index in [-0.39, 0.29) is 11.4 Å². The molecule has 126 valence electrons. The van der Waals surface area contributed by atoms with Gasteiger partial charge in [-0.2, -0.15) is 5.10 Å². The summed E-state index contributed by atoms with van der Waals surface area (Å²) in [4.78, 5) is 12.0. The van der Waals surface area contributed by atoms with Crippen molar-refractivity contribution in [1.29, 1.82) is 0 Å². The Morgan fingerprint density at radius 3 is 2.68 bits per heavy atom. The van der Waals surface area contributed by atoms with Crippen molar-refractivity contribution in [3.63, 3.8) is 0 Å². The summed E-state index contributed by atoms with van der Waals surface area (Å²) >= 11 is 0. The van der Waals surface area contributed by atoms with Gasteiger partial charge in [-0.15, -0.1) is 0 Å². The van der Waals surface area contributed by atoms with E-state index in [1.807, 2.05) is 42.5 Å². The van der Waals surface area contributed by atoms with Gasteiger partial charge in [0.2, 0.25) is 0 Å². The molecule has 0 aliphatic heterocycles. The summed E-state index contributed by atoms with van der Waals surface area (Å²) in [6.45, 7) is 0.338. The second-order valence-electron chi connectivity index (χ2n) is 5.40. The zero-order valence-electron chi connectivity index (χ0n) is 13.7. The van der Waals surface area contributed by atoms with Gasteiger partial charge in [0, 0.05) is 17.7 Å². The van der Waals surface area contributed by atoms with Crippen LogP contribution >= 0.6 is 0 Å². The van der Waals surface area contributed by atoms with Gasteiger partial charge in [0.05, 0.1) is 19.3 Å². The van der Waals surface area contributed by atoms with E-state index in [0.29, 0.717) is 23.6 Å². The van der Waals surface area contributed by atoms with Crippen molar-refractivity contribution in [2.24, 2.45) is 0 Å². The highest BCUT2D eigenvalue weighted by molar-refractivity contribution is 5.66. The molecule has 25 heavy (non-hydrogen) atoms. The van der Waals surface area contributed by atoms with Gasteiger partial charge < -0.3 is 4.74 Å². The second kappa shape index (κ2) is 7.57. The number of ether oxygens (including phenoxy) is 1. The van der Waals surface area contributed by atoms with E-state index >= 15 is 0 Å². The summed E-state index contributed by atoms with van der Waals surface area (Å²) < 4.78 is 19.9. The Kier molecular flexibility index (Phi) is 5.04. The van der Waals surface area contributed by atoms with Crippen LogP contribution in [-0.4, -0.2) is 16.9 Å². The van der Waals surface area contributed by atoms with Crippen molar-refractivity contribution < 1.29 is 9.13 Å². The largest absolute Gasteiger partial charge is 0.496 e. The van der Waals surface area contributed by atoms with Gasteiger partial charge in [0.1, 0.15) is 11.6 Å². The minimum absolute atomic E-state index is 0.206. The molecule has 0 fully saturated rings. The summed E-state index contributed by atoms with van der Waals surface area (Å²) in [7, 11) is 1.47. The number of nitrogens with zero attached hydrogens (tertiary/aromatic N) is 2. The zero-order chi connectivity index (χ0) is 17.6. The molecular formula is C20H17FN2O2. The third kappa shape index (κ3) is 4.01. The van der Waals surface area contributed by atoms with E-state index < -0.39 is 0 Å².